The molecular weight excluding hydrogens is 332 g/mol. The van der Waals surface area contributed by atoms with Crippen LogP contribution in [0.25, 0.3) is 0 Å². The lowest BCUT2D eigenvalue weighted by atomic mass is 10.1. The molecule has 0 unspecified atom stereocenters. The molecule has 1 aliphatic rings. The van der Waals surface area contributed by atoms with E-state index in [1.807, 2.05) is 45.0 Å². The number of hydrogen-bond donors (Lipinski definition) is 2. The Labute approximate surface area is 155 Å². The first-order valence-corrected chi connectivity index (χ1v) is 8.95. The standard InChI is InChI=1S/C19H30N4O3/c1-19(2,3)21-18(25)14-22(4)13-17(24)20-15-5-7-16(8-6-15)23-9-11-26-12-10-23/h5-8H,9-14H2,1-4H3,(H,20,24)(H,21,25). The number of carbonyl (C=O) groups is 2. The van der Waals surface area contributed by atoms with Gasteiger partial charge in [-0.1, -0.05) is 0 Å². The van der Waals surface area contributed by atoms with E-state index < -0.39 is 0 Å². The number of likely N-dealkylation sites (N-methyl/N-ethyl adjacent to an activating group) is 1. The molecule has 0 saturated carbocycles. The van der Waals surface area contributed by atoms with Gasteiger partial charge in [0.25, 0.3) is 0 Å². The summed E-state index contributed by atoms with van der Waals surface area (Å²) in [7, 11) is 1.75. The zero-order chi connectivity index (χ0) is 19.2. The van der Waals surface area contributed by atoms with Gasteiger partial charge in [0.15, 0.2) is 0 Å². The molecule has 1 aromatic rings. The van der Waals surface area contributed by atoms with Crippen LogP contribution in [0.15, 0.2) is 24.3 Å². The highest BCUT2D eigenvalue weighted by atomic mass is 16.5. The van der Waals surface area contributed by atoms with Crippen LogP contribution >= 0.6 is 0 Å². The van der Waals surface area contributed by atoms with Crippen LogP contribution in [0, 0.1) is 0 Å². The third-order valence-corrected chi connectivity index (χ3v) is 3.87. The number of morpholine rings is 1. The highest BCUT2D eigenvalue weighted by Gasteiger charge is 2.16. The van der Waals surface area contributed by atoms with Crippen LogP contribution < -0.4 is 15.5 Å². The maximum absolute atomic E-state index is 12.2. The van der Waals surface area contributed by atoms with E-state index in [1.165, 1.54) is 0 Å². The Kier molecular flexibility index (Phi) is 6.99. The number of benzene rings is 1. The zero-order valence-corrected chi connectivity index (χ0v) is 16.2. The maximum Gasteiger partial charge on any atom is 0.238 e. The second-order valence-electron chi connectivity index (χ2n) is 7.66. The Morgan fingerprint density at radius 2 is 1.65 bits per heavy atom. The molecule has 0 bridgehead atoms. The summed E-state index contributed by atoms with van der Waals surface area (Å²) in [6.45, 7) is 9.37. The molecule has 1 heterocycles. The van der Waals surface area contributed by atoms with Gasteiger partial charge < -0.3 is 20.3 Å². The molecule has 0 aliphatic carbocycles. The van der Waals surface area contributed by atoms with Crippen molar-refractivity contribution in [2.24, 2.45) is 0 Å². The fraction of sp³-hybridized carbons (Fsp3) is 0.579. The second-order valence-corrected chi connectivity index (χ2v) is 7.66. The molecule has 144 valence electrons. The Hall–Kier alpha value is -2.12. The number of carbonyl (C=O) groups excluding carboxylic acids is 2. The van der Waals surface area contributed by atoms with Gasteiger partial charge in [0.1, 0.15) is 0 Å². The molecule has 0 radical (unpaired) electrons. The van der Waals surface area contributed by atoms with Crippen molar-refractivity contribution in [3.05, 3.63) is 24.3 Å². The van der Waals surface area contributed by atoms with Crippen LogP contribution in [0.1, 0.15) is 20.8 Å². The van der Waals surface area contributed by atoms with Crippen molar-refractivity contribution < 1.29 is 14.3 Å². The Bertz CT molecular complexity index is 604. The first-order valence-electron chi connectivity index (χ1n) is 8.95. The first kappa shape index (κ1) is 20.2. The zero-order valence-electron chi connectivity index (χ0n) is 16.2. The number of rotatable bonds is 6. The predicted octanol–water partition coefficient (Wildman–Crippen LogP) is 1.31. The van der Waals surface area contributed by atoms with Crippen molar-refractivity contribution in [1.29, 1.82) is 0 Å². The van der Waals surface area contributed by atoms with Crippen LogP contribution in [-0.4, -0.2) is 68.7 Å². The molecule has 1 saturated heterocycles. The lowest BCUT2D eigenvalue weighted by Gasteiger charge is -2.28. The average molecular weight is 362 g/mol. The van der Waals surface area contributed by atoms with Gasteiger partial charge in [0, 0.05) is 30.0 Å². The van der Waals surface area contributed by atoms with E-state index in [0.29, 0.717) is 0 Å². The van der Waals surface area contributed by atoms with Gasteiger partial charge in [-0.05, 0) is 52.1 Å². The number of anilines is 2. The summed E-state index contributed by atoms with van der Waals surface area (Å²) in [5.74, 6) is -0.238. The number of hydrogen-bond acceptors (Lipinski definition) is 5. The summed E-state index contributed by atoms with van der Waals surface area (Å²) in [4.78, 5) is 28.0. The van der Waals surface area contributed by atoms with Crippen molar-refractivity contribution in [3.8, 4) is 0 Å². The molecular formula is C19H30N4O3. The van der Waals surface area contributed by atoms with Crippen molar-refractivity contribution in [1.82, 2.24) is 10.2 Å². The fourth-order valence-corrected chi connectivity index (χ4v) is 2.78. The van der Waals surface area contributed by atoms with Gasteiger partial charge in [-0.2, -0.15) is 0 Å². The molecule has 1 aliphatic heterocycles. The Morgan fingerprint density at radius 3 is 2.23 bits per heavy atom. The summed E-state index contributed by atoms with van der Waals surface area (Å²) < 4.78 is 5.36. The van der Waals surface area contributed by atoms with Gasteiger partial charge in [0.05, 0.1) is 26.3 Å². The van der Waals surface area contributed by atoms with Crippen molar-refractivity contribution in [2.45, 2.75) is 26.3 Å². The third kappa shape index (κ3) is 7.01. The van der Waals surface area contributed by atoms with Gasteiger partial charge in [-0.3, -0.25) is 14.5 Å². The largest absolute Gasteiger partial charge is 0.378 e. The van der Waals surface area contributed by atoms with Crippen molar-refractivity contribution in [3.63, 3.8) is 0 Å². The lowest BCUT2D eigenvalue weighted by molar-refractivity contribution is -0.124. The predicted molar refractivity (Wildman–Crippen MR) is 103 cm³/mol. The van der Waals surface area contributed by atoms with E-state index in [2.05, 4.69) is 15.5 Å². The molecule has 0 atom stereocenters. The van der Waals surface area contributed by atoms with E-state index >= 15 is 0 Å². The van der Waals surface area contributed by atoms with Gasteiger partial charge in [0.2, 0.25) is 11.8 Å². The van der Waals surface area contributed by atoms with E-state index in [9.17, 15) is 9.59 Å². The smallest absolute Gasteiger partial charge is 0.238 e. The number of amides is 2. The number of nitrogens with one attached hydrogen (secondary N) is 2. The molecule has 2 amide bonds. The van der Waals surface area contributed by atoms with Gasteiger partial charge in [-0.15, -0.1) is 0 Å². The molecule has 0 spiro atoms. The summed E-state index contributed by atoms with van der Waals surface area (Å²) in [6, 6.07) is 7.80. The average Bonchev–Trinajstić information content (AvgIpc) is 2.54. The highest BCUT2D eigenvalue weighted by Crippen LogP contribution is 2.19. The first-order chi connectivity index (χ1) is 12.2. The van der Waals surface area contributed by atoms with E-state index in [0.717, 1.165) is 37.7 Å². The molecule has 7 heteroatoms. The topological polar surface area (TPSA) is 73.9 Å². The van der Waals surface area contributed by atoms with Crippen molar-refractivity contribution in [2.75, 3.05) is 56.7 Å². The summed E-state index contributed by atoms with van der Waals surface area (Å²) >= 11 is 0. The third-order valence-electron chi connectivity index (χ3n) is 3.87. The van der Waals surface area contributed by atoms with Crippen LogP contribution in [0.5, 0.6) is 0 Å². The highest BCUT2D eigenvalue weighted by molar-refractivity contribution is 5.92. The summed E-state index contributed by atoms with van der Waals surface area (Å²) in [6.07, 6.45) is 0. The summed E-state index contributed by atoms with van der Waals surface area (Å²) in [5, 5.41) is 5.75. The Morgan fingerprint density at radius 1 is 1.08 bits per heavy atom. The number of ether oxygens (including phenoxy) is 1. The van der Waals surface area contributed by atoms with Crippen LogP contribution in [0.3, 0.4) is 0 Å². The molecule has 2 N–H and O–H groups in total. The minimum Gasteiger partial charge on any atom is -0.378 e. The minimum absolute atomic E-state index is 0.0948. The monoisotopic (exact) mass is 362 g/mol. The quantitative estimate of drug-likeness (QED) is 0.798. The van der Waals surface area contributed by atoms with Crippen molar-refractivity contribution >= 4 is 23.2 Å². The molecule has 1 aromatic carbocycles. The van der Waals surface area contributed by atoms with Crippen LogP contribution in [0.4, 0.5) is 11.4 Å². The molecule has 2 rings (SSSR count). The minimum atomic E-state index is -0.275. The maximum atomic E-state index is 12.2. The van der Waals surface area contributed by atoms with Gasteiger partial charge >= 0.3 is 0 Å². The van der Waals surface area contributed by atoms with E-state index in [4.69, 9.17) is 4.74 Å². The second kappa shape index (κ2) is 9.00. The van der Waals surface area contributed by atoms with E-state index in [-0.39, 0.29) is 30.4 Å². The van der Waals surface area contributed by atoms with Gasteiger partial charge in [-0.25, -0.2) is 0 Å². The molecule has 7 nitrogen and oxygen atoms in total. The van der Waals surface area contributed by atoms with Crippen LogP contribution in [-0.2, 0) is 14.3 Å². The molecule has 1 fully saturated rings. The molecule has 0 aromatic heterocycles. The molecule has 26 heavy (non-hydrogen) atoms. The number of nitrogens with zero attached hydrogens (tertiary/aromatic N) is 2. The fourth-order valence-electron chi connectivity index (χ4n) is 2.78. The summed E-state index contributed by atoms with van der Waals surface area (Å²) in [5.41, 5.74) is 1.60. The normalized spacial score (nSPS) is 15.0. The lowest BCUT2D eigenvalue weighted by Crippen LogP contribution is -2.46. The Balaban J connectivity index is 1.79. The SMILES string of the molecule is CN(CC(=O)Nc1ccc(N2CCOCC2)cc1)CC(=O)NC(C)(C)C. The van der Waals surface area contributed by atoms with Crippen LogP contribution in [0.2, 0.25) is 0 Å². The van der Waals surface area contributed by atoms with E-state index in [1.54, 1.807) is 11.9 Å².